The molecule has 142 valence electrons. The fraction of sp³-hybridized carbons (Fsp3) is 0.182. The molecule has 1 aliphatic rings. The van der Waals surface area contributed by atoms with Crippen molar-refractivity contribution in [1.82, 2.24) is 0 Å². The molecule has 1 aliphatic heterocycles. The molecule has 0 saturated carbocycles. The molecular formula is C22H19NO5. The number of esters is 1. The summed E-state index contributed by atoms with van der Waals surface area (Å²) in [5.74, 6) is -0.00552. The van der Waals surface area contributed by atoms with Crippen molar-refractivity contribution in [3.63, 3.8) is 0 Å². The molecule has 1 heterocycles. The number of hydrogen-bond donors (Lipinski definition) is 1. The third kappa shape index (κ3) is 3.76. The van der Waals surface area contributed by atoms with Gasteiger partial charge in [-0.1, -0.05) is 42.5 Å². The third-order valence-electron chi connectivity index (χ3n) is 4.45. The molecule has 0 fully saturated rings. The van der Waals surface area contributed by atoms with Crippen molar-refractivity contribution in [2.24, 2.45) is 0 Å². The molecule has 0 radical (unpaired) electrons. The quantitative estimate of drug-likeness (QED) is 0.704. The highest BCUT2D eigenvalue weighted by atomic mass is 16.6. The fourth-order valence-electron chi connectivity index (χ4n) is 2.95. The summed E-state index contributed by atoms with van der Waals surface area (Å²) in [6.45, 7) is 1.56. The largest absolute Gasteiger partial charge is 0.485 e. The van der Waals surface area contributed by atoms with Gasteiger partial charge < -0.3 is 19.5 Å². The van der Waals surface area contributed by atoms with E-state index in [1.165, 1.54) is 6.92 Å². The Morgan fingerprint density at radius 3 is 2.54 bits per heavy atom. The molecule has 3 aromatic carbocycles. The Morgan fingerprint density at radius 2 is 1.71 bits per heavy atom. The Labute approximate surface area is 162 Å². The zero-order valence-corrected chi connectivity index (χ0v) is 15.3. The van der Waals surface area contributed by atoms with Gasteiger partial charge in [-0.25, -0.2) is 4.79 Å². The van der Waals surface area contributed by atoms with Crippen LogP contribution in [-0.4, -0.2) is 30.7 Å². The smallest absolute Gasteiger partial charge is 0.351 e. The SMILES string of the molecule is C[C@H](OC(=O)[C@H]1COc2ccccc2O1)C(=O)Nc1ccc2ccccc2c1. The molecule has 0 aliphatic carbocycles. The molecule has 0 aromatic heterocycles. The highest BCUT2D eigenvalue weighted by Gasteiger charge is 2.31. The molecule has 1 N–H and O–H groups in total. The van der Waals surface area contributed by atoms with E-state index in [9.17, 15) is 9.59 Å². The van der Waals surface area contributed by atoms with Gasteiger partial charge >= 0.3 is 5.97 Å². The number of para-hydroxylation sites is 2. The molecule has 6 nitrogen and oxygen atoms in total. The van der Waals surface area contributed by atoms with E-state index in [0.717, 1.165) is 10.8 Å². The number of carbonyl (C=O) groups excluding carboxylic acids is 2. The lowest BCUT2D eigenvalue weighted by atomic mass is 10.1. The minimum absolute atomic E-state index is 0.0366. The van der Waals surface area contributed by atoms with Gasteiger partial charge in [0.2, 0.25) is 6.10 Å². The van der Waals surface area contributed by atoms with Crippen LogP contribution in [0.4, 0.5) is 5.69 Å². The van der Waals surface area contributed by atoms with Crippen LogP contribution in [0, 0.1) is 0 Å². The third-order valence-corrected chi connectivity index (χ3v) is 4.45. The maximum absolute atomic E-state index is 12.4. The van der Waals surface area contributed by atoms with Crippen LogP contribution in [0.5, 0.6) is 11.5 Å². The average Bonchev–Trinajstić information content (AvgIpc) is 2.73. The van der Waals surface area contributed by atoms with E-state index in [1.54, 1.807) is 18.2 Å². The fourth-order valence-corrected chi connectivity index (χ4v) is 2.95. The molecule has 0 unspecified atom stereocenters. The summed E-state index contributed by atoms with van der Waals surface area (Å²) in [4.78, 5) is 24.7. The summed E-state index contributed by atoms with van der Waals surface area (Å²) < 4.78 is 16.4. The second-order valence-corrected chi connectivity index (χ2v) is 6.49. The van der Waals surface area contributed by atoms with Crippen LogP contribution in [-0.2, 0) is 14.3 Å². The molecule has 0 saturated heterocycles. The zero-order chi connectivity index (χ0) is 19.5. The predicted octanol–water partition coefficient (Wildman–Crippen LogP) is 3.55. The molecule has 3 aromatic rings. The summed E-state index contributed by atoms with van der Waals surface area (Å²) >= 11 is 0. The van der Waals surface area contributed by atoms with Gasteiger partial charge in [-0.3, -0.25) is 4.79 Å². The summed E-state index contributed by atoms with van der Waals surface area (Å²) in [7, 11) is 0. The minimum Gasteiger partial charge on any atom is -0.485 e. The van der Waals surface area contributed by atoms with Gasteiger partial charge in [-0.05, 0) is 42.0 Å². The maximum Gasteiger partial charge on any atom is 0.351 e. The van der Waals surface area contributed by atoms with Crippen molar-refractivity contribution in [2.45, 2.75) is 19.1 Å². The molecule has 2 atom stereocenters. The number of carbonyl (C=O) groups is 2. The van der Waals surface area contributed by atoms with E-state index >= 15 is 0 Å². The Bertz CT molecular complexity index is 1030. The van der Waals surface area contributed by atoms with Crippen LogP contribution in [0.3, 0.4) is 0 Å². The molecule has 1 amide bonds. The van der Waals surface area contributed by atoms with Gasteiger partial charge in [0.05, 0.1) is 0 Å². The minimum atomic E-state index is -0.972. The average molecular weight is 377 g/mol. The number of anilines is 1. The van der Waals surface area contributed by atoms with Crippen LogP contribution in [0.2, 0.25) is 0 Å². The number of amides is 1. The van der Waals surface area contributed by atoms with Crippen molar-refractivity contribution in [2.75, 3.05) is 11.9 Å². The molecular weight excluding hydrogens is 358 g/mol. The van der Waals surface area contributed by atoms with Crippen LogP contribution in [0.15, 0.2) is 66.7 Å². The molecule has 4 rings (SSSR count). The van der Waals surface area contributed by atoms with E-state index < -0.39 is 24.1 Å². The second-order valence-electron chi connectivity index (χ2n) is 6.49. The van der Waals surface area contributed by atoms with E-state index in [1.807, 2.05) is 48.5 Å². The van der Waals surface area contributed by atoms with Crippen molar-refractivity contribution in [3.05, 3.63) is 66.7 Å². The summed E-state index contributed by atoms with van der Waals surface area (Å²) in [6, 6.07) is 20.5. The van der Waals surface area contributed by atoms with Crippen molar-refractivity contribution < 1.29 is 23.8 Å². The van der Waals surface area contributed by atoms with Gasteiger partial charge in [0.25, 0.3) is 5.91 Å². The van der Waals surface area contributed by atoms with Gasteiger partial charge in [-0.15, -0.1) is 0 Å². The number of fused-ring (bicyclic) bond motifs is 2. The summed E-state index contributed by atoms with van der Waals surface area (Å²) in [6.07, 6.45) is -1.88. The first-order valence-electron chi connectivity index (χ1n) is 8.99. The lowest BCUT2D eigenvalue weighted by Crippen LogP contribution is -2.41. The summed E-state index contributed by atoms with van der Waals surface area (Å²) in [5, 5.41) is 4.86. The van der Waals surface area contributed by atoms with E-state index in [2.05, 4.69) is 5.32 Å². The Hall–Kier alpha value is -3.54. The lowest BCUT2D eigenvalue weighted by Gasteiger charge is -2.25. The van der Waals surface area contributed by atoms with Gasteiger partial charge in [0.1, 0.15) is 6.61 Å². The maximum atomic E-state index is 12.4. The van der Waals surface area contributed by atoms with Gasteiger partial charge in [-0.2, -0.15) is 0 Å². The number of rotatable bonds is 4. The van der Waals surface area contributed by atoms with E-state index in [0.29, 0.717) is 17.2 Å². The molecule has 0 spiro atoms. The topological polar surface area (TPSA) is 73.9 Å². The Kier molecular flexibility index (Phi) is 4.85. The van der Waals surface area contributed by atoms with Crippen LogP contribution in [0.1, 0.15) is 6.92 Å². The predicted molar refractivity (Wildman–Crippen MR) is 104 cm³/mol. The Balaban J connectivity index is 1.36. The first kappa shape index (κ1) is 17.9. The second kappa shape index (κ2) is 7.60. The number of hydrogen-bond acceptors (Lipinski definition) is 5. The van der Waals surface area contributed by atoms with Crippen molar-refractivity contribution in [3.8, 4) is 11.5 Å². The highest BCUT2D eigenvalue weighted by Crippen LogP contribution is 2.31. The highest BCUT2D eigenvalue weighted by molar-refractivity contribution is 5.97. The number of nitrogens with one attached hydrogen (secondary N) is 1. The van der Waals surface area contributed by atoms with Crippen molar-refractivity contribution in [1.29, 1.82) is 0 Å². The normalized spacial score (nSPS) is 16.2. The molecule has 0 bridgehead atoms. The first-order valence-corrected chi connectivity index (χ1v) is 8.99. The standard InChI is InChI=1S/C22H19NO5/c1-14(21(24)23-17-11-10-15-6-2-3-7-16(15)12-17)27-22(25)20-13-26-18-8-4-5-9-19(18)28-20/h2-12,14,20H,13H2,1H3,(H,23,24)/t14-,20+/m0/s1. The monoisotopic (exact) mass is 377 g/mol. The zero-order valence-electron chi connectivity index (χ0n) is 15.3. The van der Waals surface area contributed by atoms with Gasteiger partial charge in [0, 0.05) is 5.69 Å². The van der Waals surface area contributed by atoms with Crippen LogP contribution >= 0.6 is 0 Å². The lowest BCUT2D eigenvalue weighted by molar-refractivity contribution is -0.162. The number of ether oxygens (including phenoxy) is 3. The summed E-state index contributed by atoms with van der Waals surface area (Å²) in [5.41, 5.74) is 0.637. The Morgan fingerprint density at radius 1 is 1.00 bits per heavy atom. The molecule has 28 heavy (non-hydrogen) atoms. The van der Waals surface area contributed by atoms with Crippen LogP contribution in [0.25, 0.3) is 10.8 Å². The first-order chi connectivity index (χ1) is 13.6. The molecule has 6 heteroatoms. The van der Waals surface area contributed by atoms with E-state index in [-0.39, 0.29) is 6.61 Å². The number of benzene rings is 3. The van der Waals surface area contributed by atoms with Crippen molar-refractivity contribution >= 4 is 28.3 Å². The van der Waals surface area contributed by atoms with Crippen LogP contribution < -0.4 is 14.8 Å². The van der Waals surface area contributed by atoms with E-state index in [4.69, 9.17) is 14.2 Å². The van der Waals surface area contributed by atoms with Gasteiger partial charge in [0.15, 0.2) is 17.6 Å².